The summed E-state index contributed by atoms with van der Waals surface area (Å²) >= 11 is 0. The van der Waals surface area contributed by atoms with Gasteiger partial charge in [-0.15, -0.1) is 0 Å². The van der Waals surface area contributed by atoms with Gasteiger partial charge in [0.15, 0.2) is 0 Å². The van der Waals surface area contributed by atoms with Crippen molar-refractivity contribution in [3.8, 4) is 0 Å². The number of rotatable bonds is 13. The lowest BCUT2D eigenvalue weighted by Crippen LogP contribution is -2.28. The molecular weight excluding hydrogens is 288 g/mol. The Morgan fingerprint density at radius 2 is 1.45 bits per heavy atom. The number of ether oxygens (including phenoxy) is 2. The molecule has 22 heavy (non-hydrogen) atoms. The zero-order valence-electron chi connectivity index (χ0n) is 13.8. The molecule has 0 aliphatic rings. The summed E-state index contributed by atoms with van der Waals surface area (Å²) < 4.78 is 9.51. The molecule has 0 fully saturated rings. The Balaban J connectivity index is 3.50. The molecule has 0 saturated carbocycles. The van der Waals surface area contributed by atoms with Crippen molar-refractivity contribution in [1.29, 1.82) is 0 Å². The minimum atomic E-state index is -1.23. The maximum absolute atomic E-state index is 11.4. The summed E-state index contributed by atoms with van der Waals surface area (Å²) in [6.07, 6.45) is 5.91. The molecule has 0 aromatic heterocycles. The lowest BCUT2D eigenvalue weighted by molar-refractivity contribution is -0.158. The molecule has 0 aromatic carbocycles. The minimum Gasteiger partial charge on any atom is -0.463 e. The van der Waals surface area contributed by atoms with E-state index in [1.165, 1.54) is 32.6 Å². The first-order valence-electron chi connectivity index (χ1n) is 8.15. The standard InChI is InChI=1S/C16H30O6/c1-3-4-5-6-7-8-9-10-15(19)21-11-14(18)12-22-16(20)13(2)17/h13-14,17-18H,3-12H2,1-2H3. The first kappa shape index (κ1) is 20.9. The van der Waals surface area contributed by atoms with Gasteiger partial charge >= 0.3 is 11.9 Å². The average molecular weight is 318 g/mol. The monoisotopic (exact) mass is 318 g/mol. The number of aliphatic hydroxyl groups excluding tert-OH is 2. The van der Waals surface area contributed by atoms with E-state index in [4.69, 9.17) is 9.84 Å². The van der Waals surface area contributed by atoms with E-state index >= 15 is 0 Å². The van der Waals surface area contributed by atoms with Crippen LogP contribution in [0.3, 0.4) is 0 Å². The van der Waals surface area contributed by atoms with Crippen molar-refractivity contribution in [2.45, 2.75) is 77.4 Å². The first-order chi connectivity index (χ1) is 10.5. The predicted octanol–water partition coefficient (Wildman–Crippen LogP) is 1.96. The van der Waals surface area contributed by atoms with Crippen LogP contribution in [-0.4, -0.2) is 47.6 Å². The highest BCUT2D eigenvalue weighted by Gasteiger charge is 2.14. The lowest BCUT2D eigenvalue weighted by atomic mass is 10.1. The van der Waals surface area contributed by atoms with E-state index in [9.17, 15) is 14.7 Å². The molecule has 0 saturated heterocycles. The third-order valence-corrected chi connectivity index (χ3v) is 3.18. The second kappa shape index (κ2) is 13.5. The second-order valence-electron chi connectivity index (χ2n) is 5.51. The van der Waals surface area contributed by atoms with Crippen LogP contribution in [0.5, 0.6) is 0 Å². The molecule has 2 unspecified atom stereocenters. The van der Waals surface area contributed by atoms with Gasteiger partial charge in [0.2, 0.25) is 0 Å². The van der Waals surface area contributed by atoms with Crippen LogP contribution < -0.4 is 0 Å². The van der Waals surface area contributed by atoms with Crippen LogP contribution in [0.15, 0.2) is 0 Å². The fraction of sp³-hybridized carbons (Fsp3) is 0.875. The molecule has 0 aliphatic carbocycles. The van der Waals surface area contributed by atoms with Crippen LogP contribution in [0.1, 0.15) is 65.2 Å². The zero-order valence-corrected chi connectivity index (χ0v) is 13.8. The van der Waals surface area contributed by atoms with E-state index in [1.807, 2.05) is 0 Å². The van der Waals surface area contributed by atoms with Crippen LogP contribution in [0.2, 0.25) is 0 Å². The Morgan fingerprint density at radius 3 is 2.05 bits per heavy atom. The van der Waals surface area contributed by atoms with Crippen molar-refractivity contribution in [2.24, 2.45) is 0 Å². The van der Waals surface area contributed by atoms with Crippen molar-refractivity contribution in [2.75, 3.05) is 13.2 Å². The van der Waals surface area contributed by atoms with Gasteiger partial charge in [-0.1, -0.05) is 45.4 Å². The van der Waals surface area contributed by atoms with Crippen LogP contribution >= 0.6 is 0 Å². The van der Waals surface area contributed by atoms with Crippen molar-refractivity contribution in [1.82, 2.24) is 0 Å². The van der Waals surface area contributed by atoms with Crippen molar-refractivity contribution in [3.05, 3.63) is 0 Å². The molecule has 130 valence electrons. The number of unbranched alkanes of at least 4 members (excludes halogenated alkanes) is 6. The number of hydrogen-bond acceptors (Lipinski definition) is 6. The largest absolute Gasteiger partial charge is 0.463 e. The molecule has 0 aromatic rings. The maximum Gasteiger partial charge on any atom is 0.334 e. The third-order valence-electron chi connectivity index (χ3n) is 3.18. The molecule has 0 spiro atoms. The lowest BCUT2D eigenvalue weighted by Gasteiger charge is -2.12. The second-order valence-corrected chi connectivity index (χ2v) is 5.51. The predicted molar refractivity (Wildman–Crippen MR) is 82.2 cm³/mol. The summed E-state index contributed by atoms with van der Waals surface area (Å²) in [6, 6.07) is 0. The van der Waals surface area contributed by atoms with Gasteiger partial charge in [0, 0.05) is 6.42 Å². The number of hydrogen-bond donors (Lipinski definition) is 2. The summed E-state index contributed by atoms with van der Waals surface area (Å²) in [5.74, 6) is -1.16. The summed E-state index contributed by atoms with van der Waals surface area (Å²) in [6.45, 7) is 2.95. The van der Waals surface area contributed by atoms with E-state index in [2.05, 4.69) is 11.7 Å². The zero-order chi connectivity index (χ0) is 16.8. The third kappa shape index (κ3) is 12.6. The minimum absolute atomic E-state index is 0.206. The summed E-state index contributed by atoms with van der Waals surface area (Å²) in [4.78, 5) is 22.4. The summed E-state index contributed by atoms with van der Waals surface area (Å²) in [5.41, 5.74) is 0. The highest BCUT2D eigenvalue weighted by molar-refractivity contribution is 5.73. The molecule has 6 heteroatoms. The topological polar surface area (TPSA) is 93.1 Å². The number of aliphatic hydroxyl groups is 2. The molecule has 0 radical (unpaired) electrons. The molecule has 0 amide bonds. The Hall–Kier alpha value is -1.14. The summed E-state index contributed by atoms with van der Waals surface area (Å²) in [5, 5.41) is 18.4. The quantitative estimate of drug-likeness (QED) is 0.398. The number of esters is 2. The Morgan fingerprint density at radius 1 is 0.909 bits per heavy atom. The molecule has 0 heterocycles. The first-order valence-corrected chi connectivity index (χ1v) is 8.15. The Bertz CT molecular complexity index is 303. The van der Waals surface area contributed by atoms with E-state index in [1.54, 1.807) is 0 Å². The van der Waals surface area contributed by atoms with E-state index in [0.717, 1.165) is 19.3 Å². The SMILES string of the molecule is CCCCCCCCCC(=O)OCC(O)COC(=O)C(C)O. The molecule has 2 N–H and O–H groups in total. The van der Waals surface area contributed by atoms with Crippen LogP contribution in [-0.2, 0) is 19.1 Å². The van der Waals surface area contributed by atoms with E-state index in [-0.39, 0.29) is 19.2 Å². The fourth-order valence-electron chi connectivity index (χ4n) is 1.83. The van der Waals surface area contributed by atoms with Crippen molar-refractivity contribution < 1.29 is 29.3 Å². The molecular formula is C16H30O6. The van der Waals surface area contributed by atoms with Gasteiger partial charge in [-0.2, -0.15) is 0 Å². The molecule has 0 aliphatic heterocycles. The van der Waals surface area contributed by atoms with Gasteiger partial charge in [0.1, 0.15) is 25.4 Å². The van der Waals surface area contributed by atoms with Crippen LogP contribution in [0.4, 0.5) is 0 Å². The van der Waals surface area contributed by atoms with E-state index < -0.39 is 18.2 Å². The smallest absolute Gasteiger partial charge is 0.334 e. The Labute approximate surface area is 132 Å². The molecule has 2 atom stereocenters. The van der Waals surface area contributed by atoms with Gasteiger partial charge in [0.25, 0.3) is 0 Å². The van der Waals surface area contributed by atoms with Crippen molar-refractivity contribution in [3.63, 3.8) is 0 Å². The Kier molecular flexibility index (Phi) is 12.8. The van der Waals surface area contributed by atoms with Gasteiger partial charge in [0.05, 0.1) is 0 Å². The molecule has 6 nitrogen and oxygen atoms in total. The summed E-state index contributed by atoms with van der Waals surface area (Å²) in [7, 11) is 0. The number of carbonyl (C=O) groups excluding carboxylic acids is 2. The average Bonchev–Trinajstić information content (AvgIpc) is 2.49. The van der Waals surface area contributed by atoms with Gasteiger partial charge in [-0.05, 0) is 13.3 Å². The maximum atomic E-state index is 11.4. The van der Waals surface area contributed by atoms with Gasteiger partial charge < -0.3 is 19.7 Å². The van der Waals surface area contributed by atoms with Crippen molar-refractivity contribution >= 4 is 11.9 Å². The number of carbonyl (C=O) groups is 2. The highest BCUT2D eigenvalue weighted by atomic mass is 16.6. The highest BCUT2D eigenvalue weighted by Crippen LogP contribution is 2.08. The van der Waals surface area contributed by atoms with E-state index in [0.29, 0.717) is 6.42 Å². The van der Waals surface area contributed by atoms with Crippen LogP contribution in [0.25, 0.3) is 0 Å². The fourth-order valence-corrected chi connectivity index (χ4v) is 1.83. The van der Waals surface area contributed by atoms with Crippen LogP contribution in [0, 0.1) is 0 Å². The van der Waals surface area contributed by atoms with Gasteiger partial charge in [-0.3, -0.25) is 4.79 Å². The molecule has 0 rings (SSSR count). The van der Waals surface area contributed by atoms with Gasteiger partial charge in [-0.25, -0.2) is 4.79 Å². The molecule has 0 bridgehead atoms. The normalized spacial score (nSPS) is 13.5.